The van der Waals surface area contributed by atoms with Gasteiger partial charge in [0.05, 0.1) is 0 Å². The Hall–Kier alpha value is -2.08. The van der Waals surface area contributed by atoms with E-state index in [2.05, 4.69) is 63.2 Å². The molecule has 0 amide bonds. The van der Waals surface area contributed by atoms with Crippen molar-refractivity contribution in [2.24, 2.45) is 0 Å². The van der Waals surface area contributed by atoms with Gasteiger partial charge in [-0.15, -0.1) is 0 Å². The van der Waals surface area contributed by atoms with Gasteiger partial charge in [0.2, 0.25) is 0 Å². The molecule has 0 heteroatoms. The van der Waals surface area contributed by atoms with Gasteiger partial charge in [-0.3, -0.25) is 0 Å². The van der Waals surface area contributed by atoms with E-state index in [1.165, 1.54) is 49.0 Å². The van der Waals surface area contributed by atoms with Crippen molar-refractivity contribution in [2.45, 2.75) is 27.2 Å². The topological polar surface area (TPSA) is 0 Å². The number of benzene rings is 4. The monoisotopic (exact) mass is 258 g/mol. The van der Waals surface area contributed by atoms with Gasteiger partial charge >= 0.3 is 0 Å². The molecule has 4 rings (SSSR count). The van der Waals surface area contributed by atoms with Crippen LogP contribution in [-0.2, 0) is 6.42 Å². The lowest BCUT2D eigenvalue weighted by atomic mass is 9.86. The highest BCUT2D eigenvalue weighted by molar-refractivity contribution is 6.24. The molecular formula is C20H18. The Morgan fingerprint density at radius 1 is 0.700 bits per heavy atom. The first kappa shape index (κ1) is 11.7. The Labute approximate surface area is 119 Å². The Morgan fingerprint density at radius 2 is 1.35 bits per heavy atom. The van der Waals surface area contributed by atoms with E-state index >= 15 is 0 Å². The molecule has 4 aromatic carbocycles. The summed E-state index contributed by atoms with van der Waals surface area (Å²) in [5.41, 5.74) is 4.40. The minimum atomic E-state index is 1.10. The molecule has 0 aliphatic heterocycles. The zero-order valence-corrected chi connectivity index (χ0v) is 12.2. The molecule has 98 valence electrons. The first-order valence-electron chi connectivity index (χ1n) is 7.38. The van der Waals surface area contributed by atoms with E-state index < -0.39 is 0 Å². The summed E-state index contributed by atoms with van der Waals surface area (Å²) in [6.45, 7) is 6.79. The molecule has 0 aliphatic rings. The summed E-state index contributed by atoms with van der Waals surface area (Å²) in [7, 11) is 0. The second kappa shape index (κ2) is 3.96. The molecule has 4 aromatic rings. The molecule has 0 N–H and O–H groups in total. The standard InChI is InChI=1S/C20H18/c1-4-16-12(2)13(3)17-10-8-14-6-5-7-15-9-11-18(16)20(17)19(14)15/h5-11H,4H2,1-3H3. The van der Waals surface area contributed by atoms with Gasteiger partial charge in [0.1, 0.15) is 0 Å². The maximum Gasteiger partial charge on any atom is -0.00212 e. The zero-order valence-electron chi connectivity index (χ0n) is 12.2. The SMILES string of the molecule is CCc1c(C)c(C)c2ccc3cccc4ccc1c2c34. The summed E-state index contributed by atoms with van der Waals surface area (Å²) in [5.74, 6) is 0. The van der Waals surface area contributed by atoms with Crippen molar-refractivity contribution in [1.29, 1.82) is 0 Å². The number of aryl methyl sites for hydroxylation is 2. The third-order valence-electron chi connectivity index (χ3n) is 4.87. The van der Waals surface area contributed by atoms with Crippen LogP contribution in [0, 0.1) is 13.8 Å². The Kier molecular flexibility index (Phi) is 2.32. The van der Waals surface area contributed by atoms with Crippen LogP contribution in [0.15, 0.2) is 42.5 Å². The average Bonchev–Trinajstić information content (AvgIpc) is 2.48. The quantitative estimate of drug-likeness (QED) is 0.380. The van der Waals surface area contributed by atoms with Gasteiger partial charge in [-0.1, -0.05) is 49.4 Å². The average molecular weight is 258 g/mol. The van der Waals surface area contributed by atoms with Crippen LogP contribution in [0.25, 0.3) is 32.3 Å². The highest BCUT2D eigenvalue weighted by atomic mass is 14.2. The third-order valence-corrected chi connectivity index (χ3v) is 4.87. The molecule has 0 saturated carbocycles. The van der Waals surface area contributed by atoms with Gasteiger partial charge in [0, 0.05) is 0 Å². The van der Waals surface area contributed by atoms with Crippen molar-refractivity contribution in [3.05, 3.63) is 59.2 Å². The van der Waals surface area contributed by atoms with Gasteiger partial charge in [-0.05, 0) is 69.3 Å². The second-order valence-electron chi connectivity index (χ2n) is 5.76. The van der Waals surface area contributed by atoms with E-state index in [-0.39, 0.29) is 0 Å². The van der Waals surface area contributed by atoms with Crippen molar-refractivity contribution in [3.63, 3.8) is 0 Å². The smallest absolute Gasteiger partial charge is 0.00212 e. The lowest BCUT2D eigenvalue weighted by Crippen LogP contribution is -1.96. The maximum atomic E-state index is 2.31. The van der Waals surface area contributed by atoms with Gasteiger partial charge in [-0.25, -0.2) is 0 Å². The number of hydrogen-bond acceptors (Lipinski definition) is 0. The summed E-state index contributed by atoms with van der Waals surface area (Å²) in [5, 5.41) is 8.45. The fraction of sp³-hybridized carbons (Fsp3) is 0.200. The summed E-state index contributed by atoms with van der Waals surface area (Å²) < 4.78 is 0. The summed E-state index contributed by atoms with van der Waals surface area (Å²) in [6, 6.07) is 15.8. The van der Waals surface area contributed by atoms with Gasteiger partial charge in [0.25, 0.3) is 0 Å². The predicted octanol–water partition coefficient (Wildman–Crippen LogP) is 5.76. The molecule has 0 heterocycles. The summed E-state index contributed by atoms with van der Waals surface area (Å²) >= 11 is 0. The summed E-state index contributed by atoms with van der Waals surface area (Å²) in [4.78, 5) is 0. The molecule has 0 fully saturated rings. The van der Waals surface area contributed by atoms with Crippen LogP contribution in [-0.4, -0.2) is 0 Å². The van der Waals surface area contributed by atoms with E-state index in [4.69, 9.17) is 0 Å². The van der Waals surface area contributed by atoms with Crippen LogP contribution >= 0.6 is 0 Å². The highest BCUT2D eigenvalue weighted by Crippen LogP contribution is 2.39. The fourth-order valence-electron chi connectivity index (χ4n) is 3.73. The molecule has 0 nitrogen and oxygen atoms in total. The molecule has 0 bridgehead atoms. The van der Waals surface area contributed by atoms with E-state index in [1.54, 1.807) is 0 Å². The largest absolute Gasteiger partial charge is 0.0613 e. The Balaban J connectivity index is 2.42. The minimum absolute atomic E-state index is 1.10. The molecule has 0 unspecified atom stereocenters. The third kappa shape index (κ3) is 1.31. The first-order chi connectivity index (χ1) is 9.72. The van der Waals surface area contributed by atoms with E-state index in [1.807, 2.05) is 0 Å². The van der Waals surface area contributed by atoms with Crippen LogP contribution in [0.4, 0.5) is 0 Å². The molecule has 0 radical (unpaired) electrons. The molecule has 0 aliphatic carbocycles. The lowest BCUT2D eigenvalue weighted by molar-refractivity contribution is 1.12. The van der Waals surface area contributed by atoms with Crippen LogP contribution in [0.3, 0.4) is 0 Å². The van der Waals surface area contributed by atoms with Crippen LogP contribution in [0.5, 0.6) is 0 Å². The molecule has 0 aromatic heterocycles. The Bertz CT molecular complexity index is 929. The molecule has 0 saturated heterocycles. The van der Waals surface area contributed by atoms with Gasteiger partial charge in [-0.2, -0.15) is 0 Å². The van der Waals surface area contributed by atoms with Crippen LogP contribution < -0.4 is 0 Å². The van der Waals surface area contributed by atoms with Crippen LogP contribution in [0.2, 0.25) is 0 Å². The normalized spacial score (nSPS) is 11.9. The van der Waals surface area contributed by atoms with Crippen molar-refractivity contribution >= 4 is 32.3 Å². The molecule has 0 spiro atoms. The first-order valence-corrected chi connectivity index (χ1v) is 7.38. The van der Waals surface area contributed by atoms with E-state index in [0.29, 0.717) is 0 Å². The van der Waals surface area contributed by atoms with Gasteiger partial charge in [0.15, 0.2) is 0 Å². The Morgan fingerprint density at radius 3 is 2.00 bits per heavy atom. The number of hydrogen-bond donors (Lipinski definition) is 0. The summed E-state index contributed by atoms with van der Waals surface area (Å²) in [6.07, 6.45) is 1.10. The molecule has 0 atom stereocenters. The van der Waals surface area contributed by atoms with E-state index in [9.17, 15) is 0 Å². The van der Waals surface area contributed by atoms with Crippen molar-refractivity contribution in [2.75, 3.05) is 0 Å². The van der Waals surface area contributed by atoms with E-state index in [0.717, 1.165) is 6.42 Å². The molecular weight excluding hydrogens is 240 g/mol. The molecule has 20 heavy (non-hydrogen) atoms. The zero-order chi connectivity index (χ0) is 13.9. The van der Waals surface area contributed by atoms with Gasteiger partial charge < -0.3 is 0 Å². The predicted molar refractivity (Wildman–Crippen MR) is 89.0 cm³/mol. The second-order valence-corrected chi connectivity index (χ2v) is 5.76. The minimum Gasteiger partial charge on any atom is -0.0613 e. The highest BCUT2D eigenvalue weighted by Gasteiger charge is 2.14. The van der Waals surface area contributed by atoms with Crippen LogP contribution in [0.1, 0.15) is 23.6 Å². The lowest BCUT2D eigenvalue weighted by Gasteiger charge is -2.18. The fourth-order valence-corrected chi connectivity index (χ4v) is 3.73. The van der Waals surface area contributed by atoms with Crippen molar-refractivity contribution in [1.82, 2.24) is 0 Å². The van der Waals surface area contributed by atoms with Crippen molar-refractivity contribution in [3.8, 4) is 0 Å². The number of rotatable bonds is 1. The van der Waals surface area contributed by atoms with Crippen molar-refractivity contribution < 1.29 is 0 Å². The maximum absolute atomic E-state index is 2.31.